The third-order valence-corrected chi connectivity index (χ3v) is 4.02. The summed E-state index contributed by atoms with van der Waals surface area (Å²) in [6.07, 6.45) is 2.43. The maximum atomic E-state index is 12.0. The minimum absolute atomic E-state index is 0.115. The maximum absolute atomic E-state index is 12.0. The number of aryl methyl sites for hydroxylation is 1. The summed E-state index contributed by atoms with van der Waals surface area (Å²) in [6, 6.07) is 2.27. The normalized spacial score (nSPS) is 19.3. The number of anilines is 1. The molecule has 0 aromatic carbocycles. The van der Waals surface area contributed by atoms with E-state index in [4.69, 9.17) is 0 Å². The fourth-order valence-electron chi connectivity index (χ4n) is 2.42. The number of carbonyl (C=O) groups excluding carboxylic acids is 1. The Kier molecular flexibility index (Phi) is 3.38. The largest absolute Gasteiger partial charge is 0.352 e. The fraction of sp³-hybridized carbons (Fsp3) is 0.688. The van der Waals surface area contributed by atoms with E-state index in [1.807, 2.05) is 33.8 Å². The second-order valence-corrected chi connectivity index (χ2v) is 7.33. The Morgan fingerprint density at radius 3 is 2.52 bits per heavy atom. The summed E-state index contributed by atoms with van der Waals surface area (Å²) in [4.78, 5) is 23.4. The number of rotatable bonds is 3. The lowest BCUT2D eigenvalue weighted by Crippen LogP contribution is -2.61. The first kappa shape index (κ1) is 14.3. The molecule has 0 spiro atoms. The number of amides is 1. The summed E-state index contributed by atoms with van der Waals surface area (Å²) < 4.78 is 0. The standard InChI is InChI=1S/C16H24N4O/c1-10-7-13(19-14(17-10)11-5-6-11)20-8-12(9-20)18-15(21)16(2,3)4/h7,11-12H,5-6,8-9H2,1-4H3,(H,18,21). The van der Waals surface area contributed by atoms with E-state index in [9.17, 15) is 4.79 Å². The topological polar surface area (TPSA) is 58.1 Å². The van der Waals surface area contributed by atoms with Crippen LogP contribution in [0.4, 0.5) is 5.82 Å². The van der Waals surface area contributed by atoms with E-state index in [1.54, 1.807) is 0 Å². The zero-order valence-electron chi connectivity index (χ0n) is 13.3. The van der Waals surface area contributed by atoms with Gasteiger partial charge in [-0.15, -0.1) is 0 Å². The van der Waals surface area contributed by atoms with Crippen LogP contribution in [0.1, 0.15) is 51.0 Å². The number of nitrogens with zero attached hydrogens (tertiary/aromatic N) is 3. The first-order valence-electron chi connectivity index (χ1n) is 7.74. The van der Waals surface area contributed by atoms with Gasteiger partial charge in [0.1, 0.15) is 11.6 Å². The molecule has 1 saturated heterocycles. The lowest BCUT2D eigenvalue weighted by atomic mass is 9.94. The molecule has 0 bridgehead atoms. The summed E-state index contributed by atoms with van der Waals surface area (Å²) in [5.41, 5.74) is 0.703. The highest BCUT2D eigenvalue weighted by atomic mass is 16.2. The van der Waals surface area contributed by atoms with E-state index >= 15 is 0 Å². The van der Waals surface area contributed by atoms with Crippen LogP contribution in [0.5, 0.6) is 0 Å². The Morgan fingerprint density at radius 2 is 1.95 bits per heavy atom. The predicted molar refractivity (Wildman–Crippen MR) is 82.3 cm³/mol. The molecule has 1 aromatic rings. The number of hydrogen-bond acceptors (Lipinski definition) is 4. The quantitative estimate of drug-likeness (QED) is 0.924. The molecule has 114 valence electrons. The summed E-state index contributed by atoms with van der Waals surface area (Å²) >= 11 is 0. The number of carbonyl (C=O) groups is 1. The Labute approximate surface area is 126 Å². The molecule has 1 aliphatic carbocycles. The number of hydrogen-bond donors (Lipinski definition) is 1. The molecule has 1 amide bonds. The third kappa shape index (κ3) is 3.17. The molecule has 2 fully saturated rings. The van der Waals surface area contributed by atoms with E-state index in [-0.39, 0.29) is 17.4 Å². The zero-order chi connectivity index (χ0) is 15.2. The average Bonchev–Trinajstić information content (AvgIpc) is 3.14. The highest BCUT2D eigenvalue weighted by molar-refractivity contribution is 5.82. The van der Waals surface area contributed by atoms with Gasteiger partial charge in [-0.1, -0.05) is 20.8 Å². The second kappa shape index (κ2) is 4.97. The first-order valence-corrected chi connectivity index (χ1v) is 7.74. The maximum Gasteiger partial charge on any atom is 0.225 e. The lowest BCUT2D eigenvalue weighted by Gasteiger charge is -2.41. The van der Waals surface area contributed by atoms with E-state index in [0.29, 0.717) is 5.92 Å². The van der Waals surface area contributed by atoms with Crippen LogP contribution < -0.4 is 10.2 Å². The van der Waals surface area contributed by atoms with Crippen LogP contribution in [0.3, 0.4) is 0 Å². The van der Waals surface area contributed by atoms with Crippen LogP contribution >= 0.6 is 0 Å². The monoisotopic (exact) mass is 288 g/mol. The molecule has 2 heterocycles. The van der Waals surface area contributed by atoms with Crippen molar-refractivity contribution in [1.29, 1.82) is 0 Å². The smallest absolute Gasteiger partial charge is 0.225 e. The second-order valence-electron chi connectivity index (χ2n) is 7.33. The van der Waals surface area contributed by atoms with Gasteiger partial charge >= 0.3 is 0 Å². The van der Waals surface area contributed by atoms with Crippen LogP contribution in [-0.2, 0) is 4.79 Å². The van der Waals surface area contributed by atoms with Gasteiger partial charge in [-0.2, -0.15) is 0 Å². The number of nitrogens with one attached hydrogen (secondary N) is 1. The molecule has 5 heteroatoms. The number of aromatic nitrogens is 2. The van der Waals surface area contributed by atoms with Crippen molar-refractivity contribution in [3.05, 3.63) is 17.6 Å². The van der Waals surface area contributed by atoms with Crippen molar-refractivity contribution in [1.82, 2.24) is 15.3 Å². The molecule has 0 atom stereocenters. The molecule has 2 aliphatic rings. The Balaban J connectivity index is 1.60. The van der Waals surface area contributed by atoms with Gasteiger partial charge in [0.05, 0.1) is 6.04 Å². The zero-order valence-corrected chi connectivity index (χ0v) is 13.3. The van der Waals surface area contributed by atoms with Crippen LogP contribution in [0.15, 0.2) is 6.07 Å². The van der Waals surface area contributed by atoms with Crippen molar-refractivity contribution in [3.8, 4) is 0 Å². The predicted octanol–water partition coefficient (Wildman–Crippen LogP) is 2.01. The van der Waals surface area contributed by atoms with E-state index in [2.05, 4.69) is 20.2 Å². The van der Waals surface area contributed by atoms with Crippen LogP contribution in [0.25, 0.3) is 0 Å². The summed E-state index contributed by atoms with van der Waals surface area (Å²) in [7, 11) is 0. The van der Waals surface area contributed by atoms with E-state index < -0.39 is 0 Å². The molecule has 3 rings (SSSR count). The Morgan fingerprint density at radius 1 is 1.29 bits per heavy atom. The van der Waals surface area contributed by atoms with Gasteiger partial charge in [0.15, 0.2) is 0 Å². The van der Waals surface area contributed by atoms with Gasteiger partial charge in [-0.3, -0.25) is 4.79 Å². The van der Waals surface area contributed by atoms with Gasteiger partial charge in [-0.05, 0) is 19.8 Å². The minimum Gasteiger partial charge on any atom is -0.352 e. The van der Waals surface area contributed by atoms with Crippen molar-refractivity contribution < 1.29 is 4.79 Å². The van der Waals surface area contributed by atoms with Crippen molar-refractivity contribution in [3.63, 3.8) is 0 Å². The molecule has 1 aromatic heterocycles. The Bertz CT molecular complexity index is 554. The van der Waals surface area contributed by atoms with E-state index in [1.165, 1.54) is 12.8 Å². The molecule has 1 saturated carbocycles. The van der Waals surface area contributed by atoms with Gasteiger partial charge in [0, 0.05) is 36.2 Å². The lowest BCUT2D eigenvalue weighted by molar-refractivity contribution is -0.129. The summed E-state index contributed by atoms with van der Waals surface area (Å²) in [5, 5.41) is 3.10. The molecule has 5 nitrogen and oxygen atoms in total. The van der Waals surface area contributed by atoms with Crippen LogP contribution in [0.2, 0.25) is 0 Å². The minimum atomic E-state index is -0.328. The van der Waals surface area contributed by atoms with Gasteiger partial charge in [0.2, 0.25) is 5.91 Å². The molecule has 0 radical (unpaired) electrons. The van der Waals surface area contributed by atoms with E-state index in [0.717, 1.165) is 30.4 Å². The van der Waals surface area contributed by atoms with Crippen LogP contribution in [0, 0.1) is 12.3 Å². The fourth-order valence-corrected chi connectivity index (χ4v) is 2.42. The molecular weight excluding hydrogens is 264 g/mol. The highest BCUT2D eigenvalue weighted by Gasteiger charge is 2.33. The van der Waals surface area contributed by atoms with Gasteiger partial charge in [0.25, 0.3) is 0 Å². The molecule has 21 heavy (non-hydrogen) atoms. The van der Waals surface area contributed by atoms with Crippen molar-refractivity contribution in [2.75, 3.05) is 18.0 Å². The SMILES string of the molecule is Cc1cc(N2CC(NC(=O)C(C)(C)C)C2)nc(C2CC2)n1. The first-order chi connectivity index (χ1) is 9.83. The van der Waals surface area contributed by atoms with Crippen molar-refractivity contribution in [2.45, 2.75) is 52.5 Å². The molecule has 0 unspecified atom stereocenters. The summed E-state index contributed by atoms with van der Waals surface area (Å²) in [5.74, 6) is 2.68. The summed E-state index contributed by atoms with van der Waals surface area (Å²) in [6.45, 7) is 9.51. The molecule has 1 aliphatic heterocycles. The van der Waals surface area contributed by atoms with Crippen molar-refractivity contribution >= 4 is 11.7 Å². The molecular formula is C16H24N4O. The van der Waals surface area contributed by atoms with Gasteiger partial charge in [-0.25, -0.2) is 9.97 Å². The highest BCUT2D eigenvalue weighted by Crippen LogP contribution is 2.38. The van der Waals surface area contributed by atoms with Crippen LogP contribution in [-0.4, -0.2) is 35.0 Å². The van der Waals surface area contributed by atoms with Gasteiger partial charge < -0.3 is 10.2 Å². The third-order valence-electron chi connectivity index (χ3n) is 4.02. The molecule has 1 N–H and O–H groups in total. The average molecular weight is 288 g/mol. The van der Waals surface area contributed by atoms with Crippen molar-refractivity contribution in [2.24, 2.45) is 5.41 Å². The Hall–Kier alpha value is -1.65.